The topological polar surface area (TPSA) is 62.1 Å². The summed E-state index contributed by atoms with van der Waals surface area (Å²) in [6.07, 6.45) is 2.15. The minimum atomic E-state index is 0.0236. The first-order chi connectivity index (χ1) is 9.20. The lowest BCUT2D eigenvalue weighted by Crippen LogP contribution is -2.32. The maximum atomic E-state index is 11.8. The van der Waals surface area contributed by atoms with Gasteiger partial charge in [-0.25, -0.2) is 0 Å². The van der Waals surface area contributed by atoms with Crippen molar-refractivity contribution in [3.05, 3.63) is 29.8 Å². The van der Waals surface area contributed by atoms with Crippen molar-refractivity contribution >= 4 is 11.6 Å². The minimum Gasteiger partial charge on any atom is -0.484 e. The molecule has 1 aliphatic heterocycles. The first kappa shape index (κ1) is 13.4. The molecule has 0 aliphatic carbocycles. The number of hydrogen-bond donors (Lipinski definition) is 1. The maximum absolute atomic E-state index is 11.8. The lowest BCUT2D eigenvalue weighted by atomic mass is 10.1. The van der Waals surface area contributed by atoms with Crippen molar-refractivity contribution in [2.45, 2.75) is 19.8 Å². The highest BCUT2D eigenvalue weighted by Crippen LogP contribution is 2.15. The summed E-state index contributed by atoms with van der Waals surface area (Å²) < 4.78 is 5.49. The summed E-state index contributed by atoms with van der Waals surface area (Å²) in [5, 5.41) is 11.9. The smallest absolute Gasteiger partial charge is 0.260 e. The van der Waals surface area contributed by atoms with Gasteiger partial charge in [0.05, 0.1) is 5.71 Å². The van der Waals surface area contributed by atoms with Crippen molar-refractivity contribution in [3.63, 3.8) is 0 Å². The number of carbonyl (C=O) groups excluding carboxylic acids is 1. The summed E-state index contributed by atoms with van der Waals surface area (Å²) in [7, 11) is 0. The van der Waals surface area contributed by atoms with Gasteiger partial charge in [-0.15, -0.1) is 0 Å². The van der Waals surface area contributed by atoms with Crippen molar-refractivity contribution in [2.75, 3.05) is 19.7 Å². The molecule has 5 nitrogen and oxygen atoms in total. The summed E-state index contributed by atoms with van der Waals surface area (Å²) in [6.45, 7) is 3.42. The summed E-state index contributed by atoms with van der Waals surface area (Å²) in [4.78, 5) is 13.7. The van der Waals surface area contributed by atoms with E-state index in [4.69, 9.17) is 9.94 Å². The van der Waals surface area contributed by atoms with Crippen LogP contribution in [0.25, 0.3) is 0 Å². The fourth-order valence-electron chi connectivity index (χ4n) is 2.07. The molecule has 2 rings (SSSR count). The number of likely N-dealkylation sites (tertiary alicyclic amines) is 1. The number of hydrogen-bond acceptors (Lipinski definition) is 4. The first-order valence-electron chi connectivity index (χ1n) is 6.40. The predicted molar refractivity (Wildman–Crippen MR) is 71.7 cm³/mol. The molecule has 1 saturated heterocycles. The molecule has 0 bridgehead atoms. The van der Waals surface area contributed by atoms with E-state index in [-0.39, 0.29) is 12.5 Å². The first-order valence-corrected chi connectivity index (χ1v) is 6.40. The molecule has 102 valence electrons. The average molecular weight is 262 g/mol. The molecule has 0 unspecified atom stereocenters. The molecule has 0 spiro atoms. The zero-order valence-corrected chi connectivity index (χ0v) is 11.0. The normalized spacial score (nSPS) is 15.6. The Hall–Kier alpha value is -2.04. The van der Waals surface area contributed by atoms with Crippen LogP contribution in [0.3, 0.4) is 0 Å². The van der Waals surface area contributed by atoms with E-state index in [9.17, 15) is 4.79 Å². The highest BCUT2D eigenvalue weighted by molar-refractivity contribution is 5.98. The highest BCUT2D eigenvalue weighted by atomic mass is 16.5. The Bertz CT molecular complexity index is 479. The van der Waals surface area contributed by atoms with Crippen LogP contribution in [-0.4, -0.2) is 41.4 Å². The number of ether oxygens (including phenoxy) is 1. The van der Waals surface area contributed by atoms with Gasteiger partial charge in [0.1, 0.15) is 5.75 Å². The average Bonchev–Trinajstić information content (AvgIpc) is 2.98. The van der Waals surface area contributed by atoms with Crippen LogP contribution in [0.15, 0.2) is 29.4 Å². The Balaban J connectivity index is 1.94. The number of rotatable bonds is 4. The summed E-state index contributed by atoms with van der Waals surface area (Å²) in [6, 6.07) is 7.17. The van der Waals surface area contributed by atoms with Crippen molar-refractivity contribution in [1.29, 1.82) is 0 Å². The van der Waals surface area contributed by atoms with E-state index in [1.807, 2.05) is 11.0 Å². The van der Waals surface area contributed by atoms with E-state index in [1.54, 1.807) is 25.1 Å². The number of amides is 1. The zero-order chi connectivity index (χ0) is 13.7. The van der Waals surface area contributed by atoms with E-state index >= 15 is 0 Å². The van der Waals surface area contributed by atoms with Gasteiger partial charge < -0.3 is 14.8 Å². The van der Waals surface area contributed by atoms with E-state index in [0.717, 1.165) is 31.5 Å². The monoisotopic (exact) mass is 262 g/mol. The number of carbonyl (C=O) groups is 1. The summed E-state index contributed by atoms with van der Waals surface area (Å²) in [5.41, 5.74) is 1.28. The Morgan fingerprint density at radius 1 is 1.42 bits per heavy atom. The van der Waals surface area contributed by atoms with E-state index in [1.165, 1.54) is 0 Å². The third-order valence-corrected chi connectivity index (χ3v) is 3.22. The molecule has 1 N–H and O–H groups in total. The van der Waals surface area contributed by atoms with Gasteiger partial charge in [0.15, 0.2) is 6.61 Å². The van der Waals surface area contributed by atoms with Crippen LogP contribution in [0.2, 0.25) is 0 Å². The van der Waals surface area contributed by atoms with Crippen molar-refractivity contribution in [1.82, 2.24) is 4.90 Å². The van der Waals surface area contributed by atoms with Crippen LogP contribution in [0, 0.1) is 0 Å². The SMILES string of the molecule is C/C(=N\O)c1cccc(OCC(=O)N2CCCC2)c1. The van der Waals surface area contributed by atoms with Crippen LogP contribution in [-0.2, 0) is 4.79 Å². The molecular weight excluding hydrogens is 244 g/mol. The lowest BCUT2D eigenvalue weighted by molar-refractivity contribution is -0.132. The third-order valence-electron chi connectivity index (χ3n) is 3.22. The van der Waals surface area contributed by atoms with Crippen molar-refractivity contribution in [2.24, 2.45) is 5.16 Å². The molecule has 5 heteroatoms. The van der Waals surface area contributed by atoms with E-state index in [0.29, 0.717) is 11.5 Å². The quantitative estimate of drug-likeness (QED) is 0.512. The fraction of sp³-hybridized carbons (Fsp3) is 0.429. The van der Waals surface area contributed by atoms with Crippen LogP contribution >= 0.6 is 0 Å². The van der Waals surface area contributed by atoms with Crippen molar-refractivity contribution < 1.29 is 14.7 Å². The van der Waals surface area contributed by atoms with Gasteiger partial charge >= 0.3 is 0 Å². The van der Waals surface area contributed by atoms with Crippen molar-refractivity contribution in [3.8, 4) is 5.75 Å². The molecule has 0 aromatic heterocycles. The molecule has 19 heavy (non-hydrogen) atoms. The van der Waals surface area contributed by atoms with Gasteiger partial charge in [0, 0.05) is 18.7 Å². The van der Waals surface area contributed by atoms with Gasteiger partial charge in [0.2, 0.25) is 0 Å². The van der Waals surface area contributed by atoms with Crippen LogP contribution in [0.4, 0.5) is 0 Å². The fourth-order valence-corrected chi connectivity index (χ4v) is 2.07. The second-order valence-electron chi connectivity index (χ2n) is 4.59. The third kappa shape index (κ3) is 3.47. The molecule has 1 heterocycles. The second-order valence-corrected chi connectivity index (χ2v) is 4.59. The summed E-state index contributed by atoms with van der Waals surface area (Å²) >= 11 is 0. The Morgan fingerprint density at radius 3 is 2.84 bits per heavy atom. The molecule has 1 aromatic rings. The Morgan fingerprint density at radius 2 is 2.16 bits per heavy atom. The van der Waals surface area contributed by atoms with Gasteiger partial charge in [-0.1, -0.05) is 17.3 Å². The van der Waals surface area contributed by atoms with Crippen LogP contribution in [0.1, 0.15) is 25.3 Å². The van der Waals surface area contributed by atoms with Crippen LogP contribution in [0.5, 0.6) is 5.75 Å². The highest BCUT2D eigenvalue weighted by Gasteiger charge is 2.18. The minimum absolute atomic E-state index is 0.0236. The number of nitrogens with zero attached hydrogens (tertiary/aromatic N) is 2. The molecule has 1 fully saturated rings. The summed E-state index contributed by atoms with van der Waals surface area (Å²) in [5.74, 6) is 0.628. The number of benzene rings is 1. The predicted octanol–water partition coefficient (Wildman–Crippen LogP) is 1.89. The van der Waals surface area contributed by atoms with Gasteiger partial charge in [0.25, 0.3) is 5.91 Å². The largest absolute Gasteiger partial charge is 0.484 e. The maximum Gasteiger partial charge on any atom is 0.260 e. The standard InChI is InChI=1S/C14H18N2O3/c1-11(15-18)12-5-4-6-13(9-12)19-10-14(17)16-7-2-3-8-16/h4-6,9,18H,2-3,7-8,10H2,1H3/b15-11+. The second kappa shape index (κ2) is 6.22. The molecule has 1 aliphatic rings. The zero-order valence-electron chi connectivity index (χ0n) is 11.0. The van der Waals surface area contributed by atoms with E-state index in [2.05, 4.69) is 5.16 Å². The Labute approximate surface area is 112 Å². The van der Waals surface area contributed by atoms with Gasteiger partial charge in [-0.3, -0.25) is 4.79 Å². The molecule has 0 radical (unpaired) electrons. The lowest BCUT2D eigenvalue weighted by Gasteiger charge is -2.15. The van der Waals surface area contributed by atoms with Gasteiger partial charge in [-0.2, -0.15) is 0 Å². The Kier molecular flexibility index (Phi) is 4.39. The molecule has 1 aromatic carbocycles. The number of oxime groups is 1. The molecule has 0 saturated carbocycles. The van der Waals surface area contributed by atoms with E-state index < -0.39 is 0 Å². The molecule has 0 atom stereocenters. The van der Waals surface area contributed by atoms with Gasteiger partial charge in [-0.05, 0) is 31.9 Å². The molecular formula is C14H18N2O3. The molecule has 1 amide bonds. The van der Waals surface area contributed by atoms with Crippen LogP contribution < -0.4 is 4.74 Å².